The summed E-state index contributed by atoms with van der Waals surface area (Å²) in [5, 5.41) is 7.32. The predicted octanol–water partition coefficient (Wildman–Crippen LogP) is 2.54. The molecule has 1 aliphatic heterocycles. The maximum atomic E-state index is 3.68. The van der Waals surface area contributed by atoms with Crippen molar-refractivity contribution >= 4 is 0 Å². The van der Waals surface area contributed by atoms with Crippen molar-refractivity contribution in [2.24, 2.45) is 11.3 Å². The molecule has 2 N–H and O–H groups in total. The highest BCUT2D eigenvalue weighted by Crippen LogP contribution is 2.39. The highest BCUT2D eigenvalue weighted by molar-refractivity contribution is 4.86. The van der Waals surface area contributed by atoms with E-state index in [4.69, 9.17) is 0 Å². The van der Waals surface area contributed by atoms with E-state index in [1.54, 1.807) is 0 Å². The van der Waals surface area contributed by atoms with Crippen molar-refractivity contribution in [3.63, 3.8) is 0 Å². The second kappa shape index (κ2) is 5.50. The fourth-order valence-corrected chi connectivity index (χ4v) is 3.13. The number of hydrogen-bond donors (Lipinski definition) is 2. The Morgan fingerprint density at radius 3 is 2.81 bits per heavy atom. The molecule has 2 unspecified atom stereocenters. The first-order valence-corrected chi connectivity index (χ1v) is 7.16. The average Bonchev–Trinajstić information content (AvgIpc) is 2.27. The minimum Gasteiger partial charge on any atom is -0.315 e. The van der Waals surface area contributed by atoms with Gasteiger partial charge in [-0.1, -0.05) is 26.7 Å². The molecule has 0 spiro atoms. The molecule has 1 saturated carbocycles. The topological polar surface area (TPSA) is 24.1 Å². The van der Waals surface area contributed by atoms with Crippen LogP contribution < -0.4 is 10.6 Å². The highest BCUT2D eigenvalue weighted by atomic mass is 15.0. The number of rotatable bonds is 5. The summed E-state index contributed by atoms with van der Waals surface area (Å²) in [4.78, 5) is 0. The molecule has 2 rings (SSSR count). The van der Waals surface area contributed by atoms with Crippen molar-refractivity contribution in [2.75, 3.05) is 19.6 Å². The third-order valence-corrected chi connectivity index (χ3v) is 4.68. The van der Waals surface area contributed by atoms with Crippen LogP contribution in [-0.4, -0.2) is 25.7 Å². The fourth-order valence-electron chi connectivity index (χ4n) is 3.13. The van der Waals surface area contributed by atoms with E-state index in [0.29, 0.717) is 5.41 Å². The molecule has 2 fully saturated rings. The van der Waals surface area contributed by atoms with Crippen LogP contribution >= 0.6 is 0 Å². The monoisotopic (exact) mass is 224 g/mol. The fraction of sp³-hybridized carbons (Fsp3) is 1.00. The van der Waals surface area contributed by atoms with Crippen molar-refractivity contribution in [3.8, 4) is 0 Å². The zero-order valence-corrected chi connectivity index (χ0v) is 11.0. The molecule has 16 heavy (non-hydrogen) atoms. The Morgan fingerprint density at radius 1 is 1.38 bits per heavy atom. The summed E-state index contributed by atoms with van der Waals surface area (Å²) in [7, 11) is 0. The number of piperidine rings is 1. The van der Waals surface area contributed by atoms with Gasteiger partial charge >= 0.3 is 0 Å². The van der Waals surface area contributed by atoms with Gasteiger partial charge in [0.05, 0.1) is 0 Å². The Balaban J connectivity index is 1.61. The molecule has 1 saturated heterocycles. The van der Waals surface area contributed by atoms with Gasteiger partial charge in [-0.05, 0) is 43.6 Å². The molecule has 94 valence electrons. The van der Waals surface area contributed by atoms with Gasteiger partial charge in [0.1, 0.15) is 0 Å². The Labute approximate surface area is 101 Å². The lowest BCUT2D eigenvalue weighted by molar-refractivity contribution is 0.153. The second-order valence-corrected chi connectivity index (χ2v) is 6.24. The first kappa shape index (κ1) is 12.4. The zero-order chi connectivity index (χ0) is 11.4. The van der Waals surface area contributed by atoms with E-state index in [-0.39, 0.29) is 0 Å². The van der Waals surface area contributed by atoms with Gasteiger partial charge in [-0.3, -0.25) is 0 Å². The van der Waals surface area contributed by atoms with E-state index in [0.717, 1.165) is 12.0 Å². The lowest BCUT2D eigenvalue weighted by Crippen LogP contribution is -2.47. The van der Waals surface area contributed by atoms with E-state index in [9.17, 15) is 0 Å². The molecule has 0 bridgehead atoms. The van der Waals surface area contributed by atoms with E-state index in [1.807, 2.05) is 0 Å². The Morgan fingerprint density at radius 2 is 2.19 bits per heavy atom. The van der Waals surface area contributed by atoms with Crippen molar-refractivity contribution in [1.82, 2.24) is 10.6 Å². The molecule has 2 atom stereocenters. The minimum absolute atomic E-state index is 0.624. The lowest BCUT2D eigenvalue weighted by atomic mass is 9.70. The molecule has 2 nitrogen and oxygen atoms in total. The Kier molecular flexibility index (Phi) is 4.26. The average molecular weight is 224 g/mol. The summed E-state index contributed by atoms with van der Waals surface area (Å²) < 4.78 is 0. The van der Waals surface area contributed by atoms with E-state index < -0.39 is 0 Å². The van der Waals surface area contributed by atoms with Gasteiger partial charge in [-0.15, -0.1) is 0 Å². The summed E-state index contributed by atoms with van der Waals surface area (Å²) in [5.41, 5.74) is 0.624. The molecule has 0 aromatic carbocycles. The first-order valence-electron chi connectivity index (χ1n) is 7.16. The highest BCUT2D eigenvalue weighted by Gasteiger charge is 2.31. The van der Waals surface area contributed by atoms with Crippen LogP contribution in [0.5, 0.6) is 0 Å². The number of nitrogens with one attached hydrogen (secondary N) is 2. The molecule has 2 heteroatoms. The van der Waals surface area contributed by atoms with Gasteiger partial charge < -0.3 is 10.6 Å². The van der Waals surface area contributed by atoms with Gasteiger partial charge in [0, 0.05) is 19.1 Å². The molecule has 1 heterocycles. The summed E-state index contributed by atoms with van der Waals surface area (Å²) in [5.74, 6) is 0.965. The molecule has 1 aliphatic carbocycles. The smallest absolute Gasteiger partial charge is 0.0195 e. The molecular weight excluding hydrogens is 196 g/mol. The van der Waals surface area contributed by atoms with Crippen LogP contribution in [0.1, 0.15) is 52.4 Å². The third-order valence-electron chi connectivity index (χ3n) is 4.68. The minimum atomic E-state index is 0.624. The summed E-state index contributed by atoms with van der Waals surface area (Å²) in [6, 6.07) is 0.724. The summed E-state index contributed by atoms with van der Waals surface area (Å²) in [6.07, 6.45) is 8.41. The molecule has 0 aromatic rings. The summed E-state index contributed by atoms with van der Waals surface area (Å²) in [6.45, 7) is 8.37. The lowest BCUT2D eigenvalue weighted by Gasteiger charge is -2.39. The Bertz CT molecular complexity index is 211. The molecular formula is C14H28N2. The van der Waals surface area contributed by atoms with Crippen LogP contribution in [0.3, 0.4) is 0 Å². The van der Waals surface area contributed by atoms with Crippen molar-refractivity contribution < 1.29 is 0 Å². The Hall–Kier alpha value is -0.0800. The maximum absolute atomic E-state index is 3.68. The van der Waals surface area contributed by atoms with E-state index >= 15 is 0 Å². The van der Waals surface area contributed by atoms with Crippen molar-refractivity contribution in [2.45, 2.75) is 58.4 Å². The van der Waals surface area contributed by atoms with Gasteiger partial charge in [0.15, 0.2) is 0 Å². The van der Waals surface area contributed by atoms with Gasteiger partial charge in [-0.25, -0.2) is 0 Å². The molecule has 2 aliphatic rings. The summed E-state index contributed by atoms with van der Waals surface area (Å²) >= 11 is 0. The molecule has 0 radical (unpaired) electrons. The zero-order valence-electron chi connectivity index (χ0n) is 11.0. The van der Waals surface area contributed by atoms with Crippen LogP contribution in [0.4, 0.5) is 0 Å². The van der Waals surface area contributed by atoms with Crippen LogP contribution in [0.15, 0.2) is 0 Å². The standard InChI is InChI=1S/C14H28N2/c1-3-12-5-8-16-13(9-12)10-15-11-14(2)6-4-7-14/h12-13,15-16H,3-11H2,1-2H3. The number of hydrogen-bond acceptors (Lipinski definition) is 2. The van der Waals surface area contributed by atoms with Crippen LogP contribution in [0, 0.1) is 11.3 Å². The van der Waals surface area contributed by atoms with Crippen molar-refractivity contribution in [1.29, 1.82) is 0 Å². The normalized spacial score (nSPS) is 33.4. The van der Waals surface area contributed by atoms with Crippen LogP contribution in [-0.2, 0) is 0 Å². The first-order chi connectivity index (χ1) is 7.72. The van der Waals surface area contributed by atoms with Crippen LogP contribution in [0.2, 0.25) is 0 Å². The molecule has 0 amide bonds. The third kappa shape index (κ3) is 3.21. The SMILES string of the molecule is CCC1CCNC(CNCC2(C)CCC2)C1. The van der Waals surface area contributed by atoms with Gasteiger partial charge in [0.25, 0.3) is 0 Å². The quantitative estimate of drug-likeness (QED) is 0.750. The molecule has 0 aromatic heterocycles. The van der Waals surface area contributed by atoms with E-state index in [1.165, 1.54) is 58.2 Å². The largest absolute Gasteiger partial charge is 0.315 e. The van der Waals surface area contributed by atoms with E-state index in [2.05, 4.69) is 24.5 Å². The maximum Gasteiger partial charge on any atom is 0.0195 e. The van der Waals surface area contributed by atoms with Crippen LogP contribution in [0.25, 0.3) is 0 Å². The van der Waals surface area contributed by atoms with Crippen molar-refractivity contribution in [3.05, 3.63) is 0 Å². The predicted molar refractivity (Wildman–Crippen MR) is 69.6 cm³/mol. The van der Waals surface area contributed by atoms with Gasteiger partial charge in [0.2, 0.25) is 0 Å². The second-order valence-electron chi connectivity index (χ2n) is 6.24. The van der Waals surface area contributed by atoms with Gasteiger partial charge in [-0.2, -0.15) is 0 Å².